The number of carboxylic acids is 1. The number of hydrogen-bond donors (Lipinski definition) is 14. The normalized spacial score (nSPS) is 22.2. The molecule has 1 aromatic heterocycles. The molecule has 0 spiro atoms. The summed E-state index contributed by atoms with van der Waals surface area (Å²) < 4.78 is 0. The van der Waals surface area contributed by atoms with Crippen LogP contribution in [-0.4, -0.2) is 157 Å². The number of rotatable bonds is 18. The van der Waals surface area contributed by atoms with Crippen molar-refractivity contribution in [1.29, 1.82) is 0 Å². The maximum atomic E-state index is 14.9. The number of carboxylic acid groups (broad SMARTS) is 1. The molecule has 22 nitrogen and oxygen atoms in total. The van der Waals surface area contributed by atoms with E-state index in [1.54, 1.807) is 24.4 Å². The van der Waals surface area contributed by atoms with Crippen LogP contribution in [0.25, 0.3) is 10.9 Å². The number of H-pyrrole nitrogens is 1. The quantitative estimate of drug-likeness (QED) is 0.0474. The number of aromatic amines is 1. The number of hydrogen-bond acceptors (Lipinski definition) is 15. The van der Waals surface area contributed by atoms with Crippen LogP contribution in [0.4, 0.5) is 0 Å². The maximum absolute atomic E-state index is 14.9. The number of aliphatic hydroxyl groups excluding tert-OH is 2. The van der Waals surface area contributed by atoms with Gasteiger partial charge in [0.1, 0.15) is 42.0 Å². The number of nitrogens with two attached hydrogens (primary N) is 1. The highest BCUT2D eigenvalue weighted by Gasteiger charge is 2.37. The number of carbonyl (C=O) groups is 8. The number of carbonyl (C=O) groups excluding carboxylic acids is 7. The fourth-order valence-electron chi connectivity index (χ4n) is 8.40. The van der Waals surface area contributed by atoms with E-state index < -0.39 is 113 Å². The van der Waals surface area contributed by atoms with Gasteiger partial charge in [-0.25, -0.2) is 4.79 Å². The molecule has 5 rings (SSSR count). The molecule has 10 atom stereocenters. The number of phenolic OH excluding ortho intramolecular Hbond substituents is 1. The Hall–Kier alpha value is -6.70. The first-order chi connectivity index (χ1) is 36.5. The van der Waals surface area contributed by atoms with Gasteiger partial charge in [-0.3, -0.25) is 33.6 Å². The zero-order valence-corrected chi connectivity index (χ0v) is 45.3. The lowest BCUT2D eigenvalue weighted by Gasteiger charge is -2.30. The lowest BCUT2D eigenvalue weighted by atomic mass is 10.00. The molecule has 1 aliphatic heterocycles. The van der Waals surface area contributed by atoms with Gasteiger partial charge in [0.25, 0.3) is 0 Å². The molecular weight excluding hydrogens is 1030 g/mol. The Balaban J connectivity index is 1.62. The Labute approximate surface area is 454 Å². The number of amides is 7. The molecule has 2 heterocycles. The highest BCUT2D eigenvalue weighted by atomic mass is 33.1. The third kappa shape index (κ3) is 19.1. The van der Waals surface area contributed by atoms with E-state index in [4.69, 9.17) is 5.73 Å². The fraction of sp³-hybridized carbons (Fsp3) is 0.472. The van der Waals surface area contributed by atoms with E-state index in [0.29, 0.717) is 24.0 Å². The molecule has 2 unspecified atom stereocenters. The molecule has 1 fully saturated rings. The minimum Gasteiger partial charge on any atom is -0.508 e. The predicted octanol–water partition coefficient (Wildman–Crippen LogP) is 0.422. The highest BCUT2D eigenvalue weighted by Crippen LogP contribution is 2.25. The van der Waals surface area contributed by atoms with Crippen molar-refractivity contribution in [2.75, 3.05) is 18.1 Å². The van der Waals surface area contributed by atoms with Gasteiger partial charge in [0.05, 0.1) is 18.2 Å². The number of phenols is 1. The molecule has 4 aromatic rings. The number of aromatic nitrogens is 1. The summed E-state index contributed by atoms with van der Waals surface area (Å²) in [5, 5.41) is 63.6. The summed E-state index contributed by atoms with van der Waals surface area (Å²) in [6.45, 7) is 8.21. The monoisotopic (exact) mass is 1100 g/mol. The summed E-state index contributed by atoms with van der Waals surface area (Å²) in [4.78, 5) is 117. The second kappa shape index (κ2) is 29.2. The molecule has 24 heteroatoms. The Kier molecular flexibility index (Phi) is 23.2. The van der Waals surface area contributed by atoms with Gasteiger partial charge in [-0.15, -0.1) is 0 Å². The predicted molar refractivity (Wildman–Crippen MR) is 293 cm³/mol. The molecule has 7 amide bonds. The molecule has 15 N–H and O–H groups in total. The van der Waals surface area contributed by atoms with E-state index in [2.05, 4.69) is 47.5 Å². The van der Waals surface area contributed by atoms with E-state index in [-0.39, 0.29) is 49.5 Å². The van der Waals surface area contributed by atoms with Crippen LogP contribution in [-0.2, 0) is 57.6 Å². The Bertz CT molecular complexity index is 2650. The second-order valence-electron chi connectivity index (χ2n) is 20.0. The van der Waals surface area contributed by atoms with Gasteiger partial charge in [-0.05, 0) is 102 Å². The number of fused-ring (bicyclic) bond motifs is 1. The van der Waals surface area contributed by atoms with E-state index in [0.717, 1.165) is 45.0 Å². The third-order valence-electron chi connectivity index (χ3n) is 12.5. The smallest absolute Gasteiger partial charge is 0.328 e. The van der Waals surface area contributed by atoms with Crippen molar-refractivity contribution in [3.8, 4) is 5.75 Å². The van der Waals surface area contributed by atoms with Gasteiger partial charge in [-0.2, -0.15) is 0 Å². The van der Waals surface area contributed by atoms with Crippen molar-refractivity contribution in [1.82, 2.24) is 47.5 Å². The first kappa shape index (κ1) is 61.2. The van der Waals surface area contributed by atoms with Crippen molar-refractivity contribution in [3.63, 3.8) is 0 Å². The minimum absolute atomic E-state index is 0.0182. The van der Waals surface area contributed by atoms with E-state index in [1.165, 1.54) is 19.1 Å². The van der Waals surface area contributed by atoms with Crippen LogP contribution in [0.5, 0.6) is 5.75 Å². The molecule has 418 valence electrons. The van der Waals surface area contributed by atoms with Crippen molar-refractivity contribution in [2.24, 2.45) is 5.73 Å². The standard InChI is InChI=1S/C53H72N10O12S2/c1-29(64)43-51(73)60-42(50(72)62-44(30(2)65)52(74)75)28-77-76-27-41(59-48(70)40(63-53(3,4)5)24-31-13-7-6-8-14-31)49(71)57-38(23-32-18-20-34(66)21-19-32)46(68)58-39(25-33-26-55-36-16-10-9-15-35(33)36)47(69)56-37(45(67)61-43)17-11-12-22-54/h6-10,13-16,18-21,26,29-30,37-44,55,63-66H,11-12,17,22-25,27-28,54H2,1-5H3,(H,56,69)(H,57,71)(H,58,68)(H,59,70)(H,60,73)(H,61,67)(H,62,72)(H,74,75)/t29?,30?,37-,38-,39+,40+,41-,42-,43-,44-/m0/s1. The van der Waals surface area contributed by atoms with Crippen LogP contribution < -0.4 is 48.3 Å². The molecule has 1 aliphatic rings. The SMILES string of the molecule is CC(O)[C@H](NC(=O)[C@@H]1CSSC[C@H](NC(=O)[C@@H](Cc2ccccc2)NC(C)(C)C)C(=O)N[C@@H](Cc2ccc(O)cc2)C(=O)N[C@H](Cc2c[nH]c3ccccc23)C(=O)N[C@@H](CCCCN)C(=O)N[C@@H](C(C)O)C(=O)N1)C(=O)O. The van der Waals surface area contributed by atoms with Crippen LogP contribution in [0.1, 0.15) is 70.6 Å². The fourth-order valence-corrected chi connectivity index (χ4v) is 10.7. The summed E-state index contributed by atoms with van der Waals surface area (Å²) in [6.07, 6.45) is -0.881. The van der Waals surface area contributed by atoms with Crippen molar-refractivity contribution >= 4 is 79.8 Å². The summed E-state index contributed by atoms with van der Waals surface area (Å²) >= 11 is 0. The lowest BCUT2D eigenvalue weighted by molar-refractivity contribution is -0.145. The van der Waals surface area contributed by atoms with Crippen LogP contribution >= 0.6 is 21.6 Å². The number of aliphatic carboxylic acids is 1. The summed E-state index contributed by atoms with van der Waals surface area (Å²) in [6, 6.07) is 10.7. The number of aliphatic hydroxyl groups is 2. The summed E-state index contributed by atoms with van der Waals surface area (Å²) in [7, 11) is 1.92. The van der Waals surface area contributed by atoms with Gasteiger partial charge in [0.15, 0.2) is 6.04 Å². The van der Waals surface area contributed by atoms with Crippen LogP contribution in [0.2, 0.25) is 0 Å². The average molecular weight is 1110 g/mol. The molecule has 0 saturated carbocycles. The van der Waals surface area contributed by atoms with Crippen molar-refractivity contribution < 1.29 is 58.8 Å². The lowest BCUT2D eigenvalue weighted by Crippen LogP contribution is -2.62. The van der Waals surface area contributed by atoms with Crippen molar-refractivity contribution in [3.05, 3.63) is 102 Å². The third-order valence-corrected chi connectivity index (χ3v) is 14.9. The topological polar surface area (TPSA) is 356 Å². The molecule has 3 aromatic carbocycles. The van der Waals surface area contributed by atoms with Crippen molar-refractivity contribution in [2.45, 2.75) is 139 Å². The average Bonchev–Trinajstić information content (AvgIpc) is 3.78. The number of para-hydroxylation sites is 1. The minimum atomic E-state index is -1.82. The molecular formula is C53H72N10O12S2. The second-order valence-corrected chi connectivity index (χ2v) is 22.6. The summed E-state index contributed by atoms with van der Waals surface area (Å²) in [5.74, 6) is -8.31. The van der Waals surface area contributed by atoms with Crippen LogP contribution in [0.3, 0.4) is 0 Å². The largest absolute Gasteiger partial charge is 0.508 e. The van der Waals surface area contributed by atoms with Crippen LogP contribution in [0, 0.1) is 0 Å². The Morgan fingerprint density at radius 3 is 1.97 bits per heavy atom. The number of benzene rings is 3. The first-order valence-corrected chi connectivity index (χ1v) is 27.8. The highest BCUT2D eigenvalue weighted by molar-refractivity contribution is 8.76. The molecule has 1 saturated heterocycles. The van der Waals surface area contributed by atoms with Gasteiger partial charge in [0, 0.05) is 47.0 Å². The number of nitrogens with one attached hydrogen (secondary N) is 9. The van der Waals surface area contributed by atoms with E-state index in [1.807, 2.05) is 69.3 Å². The summed E-state index contributed by atoms with van der Waals surface area (Å²) in [5.41, 5.74) is 7.87. The maximum Gasteiger partial charge on any atom is 0.328 e. The molecule has 0 bridgehead atoms. The molecule has 0 aliphatic carbocycles. The zero-order valence-electron chi connectivity index (χ0n) is 43.7. The van der Waals surface area contributed by atoms with E-state index in [9.17, 15) is 58.8 Å². The van der Waals surface area contributed by atoms with Gasteiger partial charge >= 0.3 is 5.97 Å². The Morgan fingerprint density at radius 1 is 0.727 bits per heavy atom. The van der Waals surface area contributed by atoms with Gasteiger partial charge in [-0.1, -0.05) is 82.3 Å². The number of unbranched alkanes of at least 4 members (excludes halogenated alkanes) is 1. The first-order valence-electron chi connectivity index (χ1n) is 25.3. The van der Waals surface area contributed by atoms with Gasteiger partial charge < -0.3 is 73.7 Å². The molecule has 0 radical (unpaired) electrons. The van der Waals surface area contributed by atoms with E-state index >= 15 is 0 Å². The molecule has 77 heavy (non-hydrogen) atoms. The van der Waals surface area contributed by atoms with Gasteiger partial charge in [0.2, 0.25) is 41.4 Å². The number of aromatic hydroxyl groups is 1. The Morgan fingerprint density at radius 2 is 1.34 bits per heavy atom. The zero-order chi connectivity index (χ0) is 56.4. The van der Waals surface area contributed by atoms with Crippen LogP contribution in [0.15, 0.2) is 85.1 Å².